The van der Waals surface area contributed by atoms with E-state index in [-0.39, 0.29) is 35.8 Å². The molecule has 2 aliphatic heterocycles. The maximum Gasteiger partial charge on any atom is 0.302 e. The second-order valence-electron chi connectivity index (χ2n) is 13.8. The first-order valence-electron chi connectivity index (χ1n) is 14.2. The van der Waals surface area contributed by atoms with Crippen LogP contribution >= 0.6 is 0 Å². The summed E-state index contributed by atoms with van der Waals surface area (Å²) >= 11 is 0. The first-order chi connectivity index (χ1) is 16.4. The molecule has 6 heteroatoms. The molecule has 0 aromatic heterocycles. The minimum absolute atomic E-state index is 0.0329. The van der Waals surface area contributed by atoms with Crippen LogP contribution in [0.2, 0.25) is 0 Å². The van der Waals surface area contributed by atoms with Crippen molar-refractivity contribution in [1.82, 2.24) is 0 Å². The van der Waals surface area contributed by atoms with E-state index in [1.807, 2.05) is 0 Å². The second-order valence-corrected chi connectivity index (χ2v) is 13.8. The molecule has 1 N–H and O–H groups in total. The molecule has 6 fully saturated rings. The van der Waals surface area contributed by atoms with Gasteiger partial charge in [-0.05, 0) is 73.5 Å². The number of hydrogen-bond acceptors (Lipinski definition) is 6. The van der Waals surface area contributed by atoms with Gasteiger partial charge in [0.2, 0.25) is 0 Å². The van der Waals surface area contributed by atoms with Crippen molar-refractivity contribution >= 4 is 11.8 Å². The number of Topliss-reactive ketones (excluding diaryl/α,β-unsaturated/α-hetero) is 1. The van der Waals surface area contributed by atoms with E-state index in [4.69, 9.17) is 14.2 Å². The van der Waals surface area contributed by atoms with Crippen molar-refractivity contribution in [3.05, 3.63) is 0 Å². The predicted molar refractivity (Wildman–Crippen MR) is 129 cm³/mol. The zero-order chi connectivity index (χ0) is 25.0. The number of rotatable bonds is 1. The minimum atomic E-state index is -1.39. The highest BCUT2D eigenvalue weighted by Crippen LogP contribution is 2.71. The molecular weight excluding hydrogens is 444 g/mol. The zero-order valence-corrected chi connectivity index (χ0v) is 22.2. The Morgan fingerprint density at radius 2 is 1.86 bits per heavy atom. The van der Waals surface area contributed by atoms with Crippen molar-refractivity contribution in [3.8, 4) is 0 Å². The Bertz CT molecular complexity index is 909. The van der Waals surface area contributed by atoms with Crippen LogP contribution in [0.1, 0.15) is 92.4 Å². The molecule has 6 rings (SSSR count). The number of fused-ring (bicyclic) bond motifs is 7. The van der Waals surface area contributed by atoms with E-state index in [2.05, 4.69) is 27.7 Å². The van der Waals surface area contributed by atoms with Gasteiger partial charge in [0.25, 0.3) is 0 Å². The summed E-state index contributed by atoms with van der Waals surface area (Å²) in [7, 11) is 0. The Hall–Kier alpha value is -0.980. The van der Waals surface area contributed by atoms with Gasteiger partial charge in [-0.3, -0.25) is 9.59 Å². The number of hydrogen-bond donors (Lipinski definition) is 1. The van der Waals surface area contributed by atoms with Crippen molar-refractivity contribution in [2.24, 2.45) is 46.3 Å². The molecule has 0 aromatic rings. The van der Waals surface area contributed by atoms with Gasteiger partial charge in [0.05, 0.1) is 12.7 Å². The van der Waals surface area contributed by atoms with Crippen LogP contribution in [0, 0.1) is 46.3 Å². The van der Waals surface area contributed by atoms with Crippen LogP contribution in [0.25, 0.3) is 0 Å². The van der Waals surface area contributed by atoms with E-state index >= 15 is 0 Å². The largest absolute Gasteiger partial charge is 0.462 e. The van der Waals surface area contributed by atoms with E-state index in [1.165, 1.54) is 6.92 Å². The second kappa shape index (κ2) is 7.77. The third kappa shape index (κ3) is 3.18. The highest BCUT2D eigenvalue weighted by molar-refractivity contribution is 5.89. The molecule has 12 atom stereocenters. The average molecular weight is 489 g/mol. The van der Waals surface area contributed by atoms with E-state index in [0.717, 1.165) is 51.6 Å². The van der Waals surface area contributed by atoms with Gasteiger partial charge in [-0.1, -0.05) is 27.7 Å². The summed E-state index contributed by atoms with van der Waals surface area (Å²) in [5.41, 5.74) is -1.71. The van der Waals surface area contributed by atoms with E-state index in [9.17, 15) is 14.7 Å². The molecule has 6 aliphatic rings. The molecule has 0 amide bonds. The summed E-state index contributed by atoms with van der Waals surface area (Å²) in [6.07, 6.45) is 7.30. The van der Waals surface area contributed by atoms with Crippen LogP contribution in [-0.2, 0) is 23.8 Å². The first kappa shape index (κ1) is 24.4. The predicted octanol–water partition coefficient (Wildman–Crippen LogP) is 4.66. The lowest BCUT2D eigenvalue weighted by atomic mass is 9.42. The molecule has 4 aliphatic carbocycles. The van der Waals surface area contributed by atoms with Crippen LogP contribution in [0.15, 0.2) is 0 Å². The van der Waals surface area contributed by atoms with Gasteiger partial charge in [0, 0.05) is 37.5 Å². The van der Waals surface area contributed by atoms with Gasteiger partial charge >= 0.3 is 5.97 Å². The van der Waals surface area contributed by atoms with Crippen LogP contribution in [0.3, 0.4) is 0 Å². The third-order valence-electron chi connectivity index (χ3n) is 12.2. The van der Waals surface area contributed by atoms with Gasteiger partial charge in [-0.25, -0.2) is 0 Å². The molecule has 0 radical (unpaired) electrons. The van der Waals surface area contributed by atoms with Crippen LogP contribution < -0.4 is 0 Å². The van der Waals surface area contributed by atoms with Crippen molar-refractivity contribution in [2.45, 2.75) is 116 Å². The van der Waals surface area contributed by atoms with Gasteiger partial charge < -0.3 is 19.3 Å². The monoisotopic (exact) mass is 488 g/mol. The Labute approximate surface area is 209 Å². The van der Waals surface area contributed by atoms with Crippen molar-refractivity contribution in [2.75, 3.05) is 6.61 Å². The number of ether oxygens (including phenoxy) is 3. The highest BCUT2D eigenvalue weighted by Gasteiger charge is 2.72. The molecule has 0 aromatic carbocycles. The average Bonchev–Trinajstić information content (AvgIpc) is 3.23. The van der Waals surface area contributed by atoms with Crippen LogP contribution in [0.4, 0.5) is 0 Å². The standard InChI is InChI=1S/C29H44O6/c1-16-6-11-29(33-15-16)17(2)25-23(35-29)13-22-20-12-24(31)28(32)14-19(34-18(3)30)7-10-27(28,5)21(20)8-9-26(22,25)4/h16-17,19-23,25,32H,6-15H2,1-5H3/t16?,17-,19?,20?,21?,22?,23?,25?,26-,27+,28?,29+/m0/s1. The Kier molecular flexibility index (Phi) is 5.41. The Morgan fingerprint density at radius 3 is 2.54 bits per heavy atom. The fraction of sp³-hybridized carbons (Fsp3) is 0.931. The fourth-order valence-corrected chi connectivity index (χ4v) is 10.4. The van der Waals surface area contributed by atoms with Crippen molar-refractivity contribution in [1.29, 1.82) is 0 Å². The summed E-state index contributed by atoms with van der Waals surface area (Å²) in [4.78, 5) is 25.2. The molecule has 0 bridgehead atoms. The maximum absolute atomic E-state index is 13.7. The smallest absolute Gasteiger partial charge is 0.302 e. The summed E-state index contributed by atoms with van der Waals surface area (Å²) < 4.78 is 18.7. The normalized spacial score (nSPS) is 57.3. The number of carbonyl (C=O) groups is 2. The minimum Gasteiger partial charge on any atom is -0.462 e. The van der Waals surface area contributed by atoms with E-state index in [0.29, 0.717) is 41.9 Å². The summed E-state index contributed by atoms with van der Waals surface area (Å²) in [5, 5.41) is 11.9. The molecule has 2 heterocycles. The van der Waals surface area contributed by atoms with Gasteiger partial charge in [0.1, 0.15) is 11.7 Å². The quantitative estimate of drug-likeness (QED) is 0.541. The van der Waals surface area contributed by atoms with Gasteiger partial charge in [-0.15, -0.1) is 0 Å². The zero-order valence-electron chi connectivity index (χ0n) is 22.2. The van der Waals surface area contributed by atoms with E-state index in [1.54, 1.807) is 0 Å². The Morgan fingerprint density at radius 1 is 1.09 bits per heavy atom. The molecule has 196 valence electrons. The van der Waals surface area contributed by atoms with Crippen molar-refractivity contribution in [3.63, 3.8) is 0 Å². The summed E-state index contributed by atoms with van der Waals surface area (Å²) in [5.74, 6) is 1.68. The van der Waals surface area contributed by atoms with Crippen LogP contribution in [-0.4, -0.2) is 47.1 Å². The van der Waals surface area contributed by atoms with Gasteiger partial charge in [-0.2, -0.15) is 0 Å². The Balaban J connectivity index is 1.26. The molecule has 2 saturated heterocycles. The van der Waals surface area contributed by atoms with Crippen LogP contribution in [0.5, 0.6) is 0 Å². The molecule has 4 saturated carbocycles. The summed E-state index contributed by atoms with van der Waals surface area (Å²) in [6, 6.07) is 0. The molecular formula is C29H44O6. The van der Waals surface area contributed by atoms with E-state index < -0.39 is 16.8 Å². The lowest BCUT2D eigenvalue weighted by molar-refractivity contribution is -0.273. The summed E-state index contributed by atoms with van der Waals surface area (Å²) in [6.45, 7) is 11.4. The number of aliphatic hydroxyl groups is 1. The number of carbonyl (C=O) groups excluding carboxylic acids is 2. The lowest BCUT2D eigenvalue weighted by Gasteiger charge is -2.63. The lowest BCUT2D eigenvalue weighted by Crippen LogP contribution is -2.67. The fourth-order valence-electron chi connectivity index (χ4n) is 10.4. The highest BCUT2D eigenvalue weighted by atomic mass is 16.7. The topological polar surface area (TPSA) is 82.1 Å². The molecule has 35 heavy (non-hydrogen) atoms. The van der Waals surface area contributed by atoms with Crippen molar-refractivity contribution < 1.29 is 28.9 Å². The molecule has 8 unspecified atom stereocenters. The SMILES string of the molecule is CC(=O)OC1CC[C@]2(C)C3CC[C@@]4(C)C(CC5O[C@]6(CCC(C)CO6)[C@@H](C)C54)C3CC(=O)C2(O)C1. The molecule has 1 spiro atoms. The third-order valence-corrected chi connectivity index (χ3v) is 12.2. The number of esters is 1. The maximum atomic E-state index is 13.7. The first-order valence-corrected chi connectivity index (χ1v) is 14.2. The molecule has 6 nitrogen and oxygen atoms in total. The van der Waals surface area contributed by atoms with Gasteiger partial charge in [0.15, 0.2) is 11.6 Å². The number of ketones is 1.